The molecule has 0 saturated heterocycles. The molecule has 0 heterocycles. The molecule has 1 aromatic carbocycles. The summed E-state index contributed by atoms with van der Waals surface area (Å²) in [4.78, 5) is 11.4. The molecule has 0 aliphatic rings. The minimum Gasteiger partial charge on any atom is -0.464 e. The summed E-state index contributed by atoms with van der Waals surface area (Å²) in [5.74, 6) is -0.472. The fourth-order valence-corrected chi connectivity index (χ4v) is 1.30. The van der Waals surface area contributed by atoms with E-state index in [4.69, 9.17) is 21.4 Å². The maximum atomic E-state index is 11.4. The van der Waals surface area contributed by atoms with Crippen LogP contribution >= 0.6 is 11.6 Å². The van der Waals surface area contributed by atoms with Gasteiger partial charge in [0, 0.05) is 10.7 Å². The lowest BCUT2D eigenvalue weighted by molar-refractivity contribution is -0.144. The van der Waals surface area contributed by atoms with Crippen LogP contribution in [0, 0.1) is 0 Å². The van der Waals surface area contributed by atoms with Crippen LogP contribution < -0.4 is 5.32 Å². The van der Waals surface area contributed by atoms with E-state index in [1.165, 1.54) is 0 Å². The Balaban J connectivity index is 2.62. The Hall–Kier alpha value is -1.26. The summed E-state index contributed by atoms with van der Waals surface area (Å²) in [6, 6.07) is 6.10. The van der Waals surface area contributed by atoms with E-state index in [2.05, 4.69) is 5.32 Å². The summed E-state index contributed by atoms with van der Waals surface area (Å²) >= 11 is 5.73. The lowest BCUT2D eigenvalue weighted by Gasteiger charge is -2.15. The lowest BCUT2D eigenvalue weighted by Crippen LogP contribution is -2.34. The molecule has 4 nitrogen and oxygen atoms in total. The molecule has 0 aromatic heterocycles. The van der Waals surface area contributed by atoms with Gasteiger partial charge in [0.2, 0.25) is 0 Å². The standard InChI is InChI=1S/C11H14ClNO3/c1-2-16-11(15)10(7-14)13-9-5-3-8(12)4-6-9/h3-6,10,13-14H,2,7H2,1H3. The smallest absolute Gasteiger partial charge is 0.330 e. The molecule has 16 heavy (non-hydrogen) atoms. The van der Waals surface area contributed by atoms with Gasteiger partial charge in [-0.1, -0.05) is 11.6 Å². The number of anilines is 1. The van der Waals surface area contributed by atoms with Crippen LogP contribution in [0.1, 0.15) is 6.92 Å². The van der Waals surface area contributed by atoms with Crippen molar-refractivity contribution in [1.82, 2.24) is 0 Å². The van der Waals surface area contributed by atoms with Crippen molar-refractivity contribution in [2.24, 2.45) is 0 Å². The Morgan fingerprint density at radius 1 is 1.50 bits per heavy atom. The molecule has 0 radical (unpaired) electrons. The molecule has 0 saturated carbocycles. The van der Waals surface area contributed by atoms with Crippen molar-refractivity contribution in [3.63, 3.8) is 0 Å². The minimum absolute atomic E-state index is 0.289. The molecule has 0 bridgehead atoms. The van der Waals surface area contributed by atoms with Crippen molar-refractivity contribution in [2.45, 2.75) is 13.0 Å². The molecular formula is C11H14ClNO3. The predicted octanol–water partition coefficient (Wildman–Crippen LogP) is 1.68. The molecule has 0 spiro atoms. The van der Waals surface area contributed by atoms with E-state index in [-0.39, 0.29) is 13.2 Å². The number of hydrogen-bond acceptors (Lipinski definition) is 4. The first-order valence-corrected chi connectivity index (χ1v) is 5.34. The molecule has 88 valence electrons. The lowest BCUT2D eigenvalue weighted by atomic mass is 10.2. The maximum absolute atomic E-state index is 11.4. The Kier molecular flexibility index (Phi) is 5.08. The van der Waals surface area contributed by atoms with Crippen LogP contribution in [-0.4, -0.2) is 30.3 Å². The van der Waals surface area contributed by atoms with Crippen LogP contribution in [0.15, 0.2) is 24.3 Å². The number of halogens is 1. The summed E-state index contributed by atoms with van der Waals surface area (Å²) < 4.78 is 4.80. The molecule has 1 aromatic rings. The second-order valence-electron chi connectivity index (χ2n) is 3.14. The third-order valence-corrected chi connectivity index (χ3v) is 2.19. The first-order valence-electron chi connectivity index (χ1n) is 4.97. The molecule has 5 heteroatoms. The van der Waals surface area contributed by atoms with Crippen molar-refractivity contribution in [3.8, 4) is 0 Å². The first kappa shape index (κ1) is 12.8. The molecule has 2 N–H and O–H groups in total. The van der Waals surface area contributed by atoms with Crippen molar-refractivity contribution >= 4 is 23.3 Å². The number of rotatable bonds is 5. The highest BCUT2D eigenvalue weighted by molar-refractivity contribution is 6.30. The van der Waals surface area contributed by atoms with Gasteiger partial charge in [0.1, 0.15) is 6.04 Å². The fraction of sp³-hybridized carbons (Fsp3) is 0.364. The second kappa shape index (κ2) is 6.35. The van der Waals surface area contributed by atoms with Gasteiger partial charge in [-0.3, -0.25) is 0 Å². The number of benzene rings is 1. The number of aliphatic hydroxyl groups excluding tert-OH is 1. The molecule has 0 aliphatic heterocycles. The van der Waals surface area contributed by atoms with Crippen LogP contribution in [0.5, 0.6) is 0 Å². The molecule has 0 amide bonds. The normalized spacial score (nSPS) is 11.9. The molecule has 1 rings (SSSR count). The van der Waals surface area contributed by atoms with Gasteiger partial charge in [0.25, 0.3) is 0 Å². The van der Waals surface area contributed by atoms with Crippen molar-refractivity contribution in [2.75, 3.05) is 18.5 Å². The summed E-state index contributed by atoms with van der Waals surface area (Å²) in [7, 11) is 0. The average molecular weight is 244 g/mol. The first-order chi connectivity index (χ1) is 7.67. The van der Waals surface area contributed by atoms with Crippen molar-refractivity contribution in [1.29, 1.82) is 0 Å². The van der Waals surface area contributed by atoms with Gasteiger partial charge in [-0.15, -0.1) is 0 Å². The number of hydrogen-bond donors (Lipinski definition) is 2. The van der Waals surface area contributed by atoms with E-state index < -0.39 is 12.0 Å². The average Bonchev–Trinajstić information content (AvgIpc) is 2.28. The van der Waals surface area contributed by atoms with Gasteiger partial charge >= 0.3 is 5.97 Å². The summed E-state index contributed by atoms with van der Waals surface area (Å²) in [5.41, 5.74) is 0.705. The van der Waals surface area contributed by atoms with Gasteiger partial charge in [-0.25, -0.2) is 4.79 Å². The zero-order valence-corrected chi connectivity index (χ0v) is 9.70. The second-order valence-corrected chi connectivity index (χ2v) is 3.57. The van der Waals surface area contributed by atoms with E-state index in [0.29, 0.717) is 10.7 Å². The Labute approximate surface area is 99.2 Å². The molecule has 0 aliphatic carbocycles. The Morgan fingerprint density at radius 3 is 2.62 bits per heavy atom. The van der Waals surface area contributed by atoms with Crippen LogP contribution in [0.2, 0.25) is 5.02 Å². The summed E-state index contributed by atoms with van der Waals surface area (Å²) in [6.45, 7) is 1.69. The predicted molar refractivity (Wildman–Crippen MR) is 62.6 cm³/mol. The van der Waals surface area contributed by atoms with Gasteiger partial charge in [0.05, 0.1) is 13.2 Å². The molecule has 0 fully saturated rings. The zero-order chi connectivity index (χ0) is 12.0. The van der Waals surface area contributed by atoms with E-state index in [0.717, 1.165) is 0 Å². The van der Waals surface area contributed by atoms with E-state index in [1.807, 2.05) is 0 Å². The monoisotopic (exact) mass is 243 g/mol. The van der Waals surface area contributed by atoms with Crippen LogP contribution in [0.25, 0.3) is 0 Å². The largest absolute Gasteiger partial charge is 0.464 e. The van der Waals surface area contributed by atoms with Crippen LogP contribution in [0.4, 0.5) is 5.69 Å². The van der Waals surface area contributed by atoms with Crippen LogP contribution in [0.3, 0.4) is 0 Å². The topological polar surface area (TPSA) is 58.6 Å². The number of carbonyl (C=O) groups is 1. The number of ether oxygens (including phenoxy) is 1. The van der Waals surface area contributed by atoms with Gasteiger partial charge in [-0.2, -0.15) is 0 Å². The number of esters is 1. The number of nitrogens with one attached hydrogen (secondary N) is 1. The molecule has 1 atom stereocenters. The Bertz CT molecular complexity index is 340. The highest BCUT2D eigenvalue weighted by Crippen LogP contribution is 2.14. The molecule has 1 unspecified atom stereocenters. The van der Waals surface area contributed by atoms with Gasteiger partial charge < -0.3 is 15.2 Å². The number of aliphatic hydroxyl groups is 1. The Morgan fingerprint density at radius 2 is 2.12 bits per heavy atom. The van der Waals surface area contributed by atoms with Gasteiger partial charge in [-0.05, 0) is 31.2 Å². The van der Waals surface area contributed by atoms with Crippen LogP contribution in [-0.2, 0) is 9.53 Å². The van der Waals surface area contributed by atoms with Crippen molar-refractivity contribution in [3.05, 3.63) is 29.3 Å². The SMILES string of the molecule is CCOC(=O)C(CO)Nc1ccc(Cl)cc1. The highest BCUT2D eigenvalue weighted by Gasteiger charge is 2.18. The summed E-state index contributed by atoms with van der Waals surface area (Å²) in [6.07, 6.45) is 0. The van der Waals surface area contributed by atoms with E-state index >= 15 is 0 Å². The third-order valence-electron chi connectivity index (χ3n) is 1.94. The van der Waals surface area contributed by atoms with E-state index in [1.54, 1.807) is 31.2 Å². The number of carbonyl (C=O) groups excluding carboxylic acids is 1. The fourth-order valence-electron chi connectivity index (χ4n) is 1.17. The van der Waals surface area contributed by atoms with E-state index in [9.17, 15) is 4.79 Å². The summed E-state index contributed by atoms with van der Waals surface area (Å²) in [5, 5.41) is 12.5. The quantitative estimate of drug-likeness (QED) is 0.773. The zero-order valence-electron chi connectivity index (χ0n) is 8.94. The minimum atomic E-state index is -0.749. The van der Waals surface area contributed by atoms with Crippen molar-refractivity contribution < 1.29 is 14.6 Å². The van der Waals surface area contributed by atoms with Gasteiger partial charge in [0.15, 0.2) is 0 Å². The third kappa shape index (κ3) is 3.72. The highest BCUT2D eigenvalue weighted by atomic mass is 35.5. The maximum Gasteiger partial charge on any atom is 0.330 e. The molecular weight excluding hydrogens is 230 g/mol.